The molecule has 2 N–H and O–H groups in total. The lowest BCUT2D eigenvalue weighted by Gasteiger charge is -2.22. The van der Waals surface area contributed by atoms with E-state index in [0.717, 1.165) is 11.3 Å². The van der Waals surface area contributed by atoms with Crippen LogP contribution in [-0.4, -0.2) is 35.8 Å². The molecule has 6 nitrogen and oxygen atoms in total. The SMILES string of the molecule is CC(C)CCNC(=O)CN1C(=O)N[C@@](C)(c2ccccc2F)C1=O. The van der Waals surface area contributed by atoms with Gasteiger partial charge in [0, 0.05) is 12.1 Å². The van der Waals surface area contributed by atoms with Crippen molar-refractivity contribution in [3.05, 3.63) is 35.6 Å². The minimum atomic E-state index is -1.51. The normalized spacial score (nSPS) is 20.5. The first kappa shape index (κ1) is 17.9. The van der Waals surface area contributed by atoms with E-state index in [-0.39, 0.29) is 12.1 Å². The van der Waals surface area contributed by atoms with Crippen LogP contribution in [0.25, 0.3) is 0 Å². The average molecular weight is 335 g/mol. The van der Waals surface area contributed by atoms with E-state index in [1.807, 2.05) is 13.8 Å². The van der Waals surface area contributed by atoms with Crippen LogP contribution in [-0.2, 0) is 15.1 Å². The Morgan fingerprint density at radius 2 is 2.00 bits per heavy atom. The molecule has 1 saturated heterocycles. The predicted octanol–water partition coefficient (Wildman–Crippen LogP) is 1.75. The molecule has 0 aromatic heterocycles. The number of rotatable bonds is 6. The number of carbonyl (C=O) groups is 3. The molecule has 1 aromatic carbocycles. The molecule has 4 amide bonds. The second-order valence-corrected chi connectivity index (χ2v) is 6.46. The predicted molar refractivity (Wildman–Crippen MR) is 86.5 cm³/mol. The molecule has 1 aliphatic rings. The van der Waals surface area contributed by atoms with Crippen molar-refractivity contribution in [2.45, 2.75) is 32.7 Å². The van der Waals surface area contributed by atoms with E-state index in [2.05, 4.69) is 10.6 Å². The quantitative estimate of drug-likeness (QED) is 0.778. The third-order valence-corrected chi connectivity index (χ3v) is 4.03. The second kappa shape index (κ2) is 6.98. The monoisotopic (exact) mass is 335 g/mol. The number of urea groups is 1. The fraction of sp³-hybridized carbons (Fsp3) is 0.471. The molecule has 1 aliphatic heterocycles. The van der Waals surface area contributed by atoms with Crippen LogP contribution in [0.1, 0.15) is 32.8 Å². The number of halogens is 1. The Morgan fingerprint density at radius 3 is 2.62 bits per heavy atom. The van der Waals surface area contributed by atoms with Crippen molar-refractivity contribution in [3.63, 3.8) is 0 Å². The second-order valence-electron chi connectivity index (χ2n) is 6.46. The highest BCUT2D eigenvalue weighted by atomic mass is 19.1. The number of nitrogens with one attached hydrogen (secondary N) is 2. The fourth-order valence-electron chi connectivity index (χ4n) is 2.59. The highest BCUT2D eigenvalue weighted by molar-refractivity contribution is 6.09. The minimum Gasteiger partial charge on any atom is -0.355 e. The maximum atomic E-state index is 14.0. The van der Waals surface area contributed by atoms with Crippen molar-refractivity contribution in [2.75, 3.05) is 13.1 Å². The summed E-state index contributed by atoms with van der Waals surface area (Å²) in [6.45, 7) is 5.59. The Hall–Kier alpha value is -2.44. The maximum absolute atomic E-state index is 14.0. The van der Waals surface area contributed by atoms with Crippen LogP contribution >= 0.6 is 0 Å². The van der Waals surface area contributed by atoms with Gasteiger partial charge in [-0.25, -0.2) is 9.18 Å². The van der Waals surface area contributed by atoms with Gasteiger partial charge in [-0.3, -0.25) is 14.5 Å². The summed E-state index contributed by atoms with van der Waals surface area (Å²) < 4.78 is 14.0. The fourth-order valence-corrected chi connectivity index (χ4v) is 2.59. The molecular weight excluding hydrogens is 313 g/mol. The highest BCUT2D eigenvalue weighted by Gasteiger charge is 2.50. The molecule has 0 aliphatic carbocycles. The molecule has 0 saturated carbocycles. The molecule has 1 aromatic rings. The lowest BCUT2D eigenvalue weighted by molar-refractivity contribution is -0.134. The van der Waals surface area contributed by atoms with Crippen LogP contribution in [0.5, 0.6) is 0 Å². The van der Waals surface area contributed by atoms with E-state index < -0.39 is 29.2 Å². The van der Waals surface area contributed by atoms with Gasteiger partial charge in [0.1, 0.15) is 17.9 Å². The standard InChI is InChI=1S/C17H22FN3O3/c1-11(2)8-9-19-14(22)10-21-15(23)17(3,20-16(21)24)12-6-4-5-7-13(12)18/h4-7,11H,8-10H2,1-3H3,(H,19,22)(H,20,24)/t17-/m0/s1. The molecule has 1 heterocycles. The Morgan fingerprint density at radius 1 is 1.33 bits per heavy atom. The molecular formula is C17H22FN3O3. The summed E-state index contributed by atoms with van der Waals surface area (Å²) in [5.74, 6) is -1.21. The van der Waals surface area contributed by atoms with Crippen LogP contribution in [0, 0.1) is 11.7 Å². The Balaban J connectivity index is 2.09. The van der Waals surface area contributed by atoms with E-state index in [9.17, 15) is 18.8 Å². The van der Waals surface area contributed by atoms with Gasteiger partial charge in [0.2, 0.25) is 5.91 Å². The van der Waals surface area contributed by atoms with Crippen LogP contribution in [0.4, 0.5) is 9.18 Å². The molecule has 2 rings (SSSR count). The smallest absolute Gasteiger partial charge is 0.325 e. The number of nitrogens with zero attached hydrogens (tertiary/aromatic N) is 1. The topological polar surface area (TPSA) is 78.5 Å². The van der Waals surface area contributed by atoms with Crippen molar-refractivity contribution in [1.29, 1.82) is 0 Å². The molecule has 0 radical (unpaired) electrons. The molecule has 0 bridgehead atoms. The van der Waals surface area contributed by atoms with E-state index in [1.54, 1.807) is 6.07 Å². The zero-order chi connectivity index (χ0) is 17.9. The summed E-state index contributed by atoms with van der Waals surface area (Å²) >= 11 is 0. The van der Waals surface area contributed by atoms with Crippen molar-refractivity contribution in [2.24, 2.45) is 5.92 Å². The van der Waals surface area contributed by atoms with Gasteiger partial charge in [-0.2, -0.15) is 0 Å². The number of imide groups is 1. The van der Waals surface area contributed by atoms with Gasteiger partial charge in [0.25, 0.3) is 5.91 Å². The lowest BCUT2D eigenvalue weighted by atomic mass is 9.91. The first-order valence-electron chi connectivity index (χ1n) is 7.91. The Labute approximate surface area is 140 Å². The van der Waals surface area contributed by atoms with Gasteiger partial charge in [0.15, 0.2) is 0 Å². The summed E-state index contributed by atoms with van der Waals surface area (Å²) in [4.78, 5) is 37.4. The van der Waals surface area contributed by atoms with Crippen molar-refractivity contribution in [1.82, 2.24) is 15.5 Å². The molecule has 130 valence electrons. The van der Waals surface area contributed by atoms with Gasteiger partial charge in [-0.1, -0.05) is 32.0 Å². The van der Waals surface area contributed by atoms with Crippen LogP contribution < -0.4 is 10.6 Å². The lowest BCUT2D eigenvalue weighted by Crippen LogP contribution is -2.43. The zero-order valence-corrected chi connectivity index (χ0v) is 14.1. The average Bonchev–Trinajstić information content (AvgIpc) is 2.71. The highest BCUT2D eigenvalue weighted by Crippen LogP contribution is 2.30. The Bertz CT molecular complexity index is 662. The van der Waals surface area contributed by atoms with Gasteiger partial charge < -0.3 is 10.6 Å². The first-order valence-corrected chi connectivity index (χ1v) is 7.91. The molecule has 0 spiro atoms. The van der Waals surface area contributed by atoms with Gasteiger partial charge >= 0.3 is 6.03 Å². The number of carbonyl (C=O) groups excluding carboxylic acids is 3. The van der Waals surface area contributed by atoms with Crippen molar-refractivity contribution in [3.8, 4) is 0 Å². The van der Waals surface area contributed by atoms with Gasteiger partial charge in [-0.15, -0.1) is 0 Å². The van der Waals surface area contributed by atoms with Crippen LogP contribution in [0.2, 0.25) is 0 Å². The maximum Gasteiger partial charge on any atom is 0.325 e. The summed E-state index contributed by atoms with van der Waals surface area (Å²) in [7, 11) is 0. The largest absolute Gasteiger partial charge is 0.355 e. The van der Waals surface area contributed by atoms with Crippen molar-refractivity contribution >= 4 is 17.8 Å². The van der Waals surface area contributed by atoms with E-state index >= 15 is 0 Å². The van der Waals surface area contributed by atoms with E-state index in [1.165, 1.54) is 25.1 Å². The van der Waals surface area contributed by atoms with Gasteiger partial charge in [-0.05, 0) is 25.3 Å². The molecule has 24 heavy (non-hydrogen) atoms. The molecule has 7 heteroatoms. The summed E-state index contributed by atoms with van der Waals surface area (Å²) in [5, 5.41) is 5.16. The Kier molecular flexibility index (Phi) is 5.21. The number of hydrogen-bond acceptors (Lipinski definition) is 3. The zero-order valence-electron chi connectivity index (χ0n) is 14.1. The molecule has 0 unspecified atom stereocenters. The first-order chi connectivity index (χ1) is 11.3. The number of hydrogen-bond donors (Lipinski definition) is 2. The van der Waals surface area contributed by atoms with Crippen molar-refractivity contribution < 1.29 is 18.8 Å². The number of amides is 4. The minimum absolute atomic E-state index is 0.0751. The third-order valence-electron chi connectivity index (χ3n) is 4.03. The summed E-state index contributed by atoms with van der Waals surface area (Å²) in [6, 6.07) is 5.05. The van der Waals surface area contributed by atoms with E-state index in [0.29, 0.717) is 12.5 Å². The molecule has 1 fully saturated rings. The molecule has 1 atom stereocenters. The third kappa shape index (κ3) is 3.55. The summed E-state index contributed by atoms with van der Waals surface area (Å²) in [6.07, 6.45) is 0.804. The van der Waals surface area contributed by atoms with Crippen LogP contribution in [0.3, 0.4) is 0 Å². The van der Waals surface area contributed by atoms with E-state index in [4.69, 9.17) is 0 Å². The van der Waals surface area contributed by atoms with Gasteiger partial charge in [0.05, 0.1) is 0 Å². The summed E-state index contributed by atoms with van der Waals surface area (Å²) in [5.41, 5.74) is -1.44. The van der Waals surface area contributed by atoms with Crippen LogP contribution in [0.15, 0.2) is 24.3 Å². The number of benzene rings is 1.